The predicted octanol–water partition coefficient (Wildman–Crippen LogP) is 2.40. The molecule has 0 bridgehead atoms. The number of oxime groups is 1. The van der Waals surface area contributed by atoms with Crippen molar-refractivity contribution in [1.82, 2.24) is 4.90 Å². The van der Waals surface area contributed by atoms with Gasteiger partial charge in [-0.3, -0.25) is 4.79 Å². The molecular formula is C12H13BrIN3O2. The fraction of sp³-hybridized carbons (Fsp3) is 0.333. The SMILES string of the molecule is N/C(=N/O)C1CCCN1C(=O)c1cc(I)ccc1Br. The van der Waals surface area contributed by atoms with Crippen LogP contribution in [0, 0.1) is 3.57 Å². The summed E-state index contributed by atoms with van der Waals surface area (Å²) in [6, 6.07) is 5.28. The number of likely N-dealkylation sites (tertiary alicyclic amines) is 1. The van der Waals surface area contributed by atoms with Crippen molar-refractivity contribution in [3.05, 3.63) is 31.8 Å². The zero-order valence-electron chi connectivity index (χ0n) is 10.0. The van der Waals surface area contributed by atoms with Gasteiger partial charge < -0.3 is 15.8 Å². The quantitative estimate of drug-likeness (QED) is 0.245. The van der Waals surface area contributed by atoms with Crippen molar-refractivity contribution in [3.8, 4) is 0 Å². The number of amides is 1. The number of carbonyl (C=O) groups is 1. The molecule has 7 heteroatoms. The first-order valence-corrected chi connectivity index (χ1v) is 7.65. The van der Waals surface area contributed by atoms with E-state index in [1.165, 1.54) is 0 Å². The van der Waals surface area contributed by atoms with Crippen molar-refractivity contribution in [2.24, 2.45) is 10.9 Å². The van der Waals surface area contributed by atoms with E-state index in [-0.39, 0.29) is 17.8 Å². The molecule has 1 aliphatic rings. The van der Waals surface area contributed by atoms with Gasteiger partial charge in [0.2, 0.25) is 0 Å². The van der Waals surface area contributed by atoms with Crippen LogP contribution in [0.15, 0.2) is 27.8 Å². The number of hydrogen-bond acceptors (Lipinski definition) is 3. The third-order valence-corrected chi connectivity index (χ3v) is 4.49. The highest BCUT2D eigenvalue weighted by molar-refractivity contribution is 14.1. The van der Waals surface area contributed by atoms with Gasteiger partial charge in [-0.15, -0.1) is 0 Å². The number of carbonyl (C=O) groups excluding carboxylic acids is 1. The Morgan fingerprint density at radius 2 is 2.32 bits per heavy atom. The molecule has 1 saturated heterocycles. The molecular weight excluding hydrogens is 425 g/mol. The van der Waals surface area contributed by atoms with Crippen LogP contribution in [-0.2, 0) is 0 Å². The first kappa shape index (κ1) is 14.6. The Hall–Kier alpha value is -0.830. The summed E-state index contributed by atoms with van der Waals surface area (Å²) in [5.74, 6) is -0.00732. The Morgan fingerprint density at radius 3 is 3.00 bits per heavy atom. The van der Waals surface area contributed by atoms with Crippen molar-refractivity contribution in [2.45, 2.75) is 18.9 Å². The van der Waals surface area contributed by atoms with Gasteiger partial charge in [-0.05, 0) is 69.6 Å². The molecule has 0 aromatic heterocycles. The van der Waals surface area contributed by atoms with Crippen LogP contribution in [0.2, 0.25) is 0 Å². The summed E-state index contributed by atoms with van der Waals surface area (Å²) in [7, 11) is 0. The second-order valence-corrected chi connectivity index (χ2v) is 6.41. The maximum absolute atomic E-state index is 12.6. The molecule has 1 atom stereocenters. The van der Waals surface area contributed by atoms with Gasteiger partial charge in [0.05, 0.1) is 11.6 Å². The first-order chi connectivity index (χ1) is 9.04. The average Bonchev–Trinajstić information content (AvgIpc) is 2.89. The lowest BCUT2D eigenvalue weighted by Crippen LogP contribution is -2.44. The minimum Gasteiger partial charge on any atom is -0.409 e. The Labute approximate surface area is 133 Å². The topological polar surface area (TPSA) is 78.9 Å². The normalized spacial score (nSPS) is 19.8. The van der Waals surface area contributed by atoms with Gasteiger partial charge in [0.1, 0.15) is 0 Å². The zero-order chi connectivity index (χ0) is 14.0. The average molecular weight is 438 g/mol. The number of nitrogens with two attached hydrogens (primary N) is 1. The van der Waals surface area contributed by atoms with E-state index in [1.807, 2.05) is 18.2 Å². The summed E-state index contributed by atoms with van der Waals surface area (Å²) in [4.78, 5) is 14.2. The van der Waals surface area contributed by atoms with Crippen LogP contribution in [0.1, 0.15) is 23.2 Å². The molecule has 1 heterocycles. The van der Waals surface area contributed by atoms with E-state index >= 15 is 0 Å². The summed E-state index contributed by atoms with van der Waals surface area (Å²) < 4.78 is 1.74. The largest absolute Gasteiger partial charge is 0.409 e. The molecule has 0 aliphatic carbocycles. The van der Waals surface area contributed by atoms with E-state index in [2.05, 4.69) is 43.7 Å². The van der Waals surface area contributed by atoms with Gasteiger partial charge in [-0.2, -0.15) is 0 Å². The van der Waals surface area contributed by atoms with Crippen molar-refractivity contribution >= 4 is 50.3 Å². The maximum atomic E-state index is 12.6. The summed E-state index contributed by atoms with van der Waals surface area (Å²) in [6.07, 6.45) is 1.58. The molecule has 1 aromatic carbocycles. The summed E-state index contributed by atoms with van der Waals surface area (Å²) >= 11 is 5.56. The van der Waals surface area contributed by atoms with E-state index < -0.39 is 0 Å². The number of hydrogen-bond donors (Lipinski definition) is 2. The molecule has 19 heavy (non-hydrogen) atoms. The second-order valence-electron chi connectivity index (χ2n) is 4.31. The van der Waals surface area contributed by atoms with Crippen LogP contribution in [0.3, 0.4) is 0 Å². The second kappa shape index (κ2) is 6.08. The van der Waals surface area contributed by atoms with Crippen molar-refractivity contribution in [2.75, 3.05) is 6.54 Å². The van der Waals surface area contributed by atoms with Crippen molar-refractivity contribution in [1.29, 1.82) is 0 Å². The summed E-state index contributed by atoms with van der Waals surface area (Å²) in [5, 5.41) is 11.8. The van der Waals surface area contributed by atoms with Gasteiger partial charge in [0, 0.05) is 14.6 Å². The standard InChI is InChI=1S/C12H13BrIN3O2/c13-9-4-3-7(14)6-8(9)12(18)17-5-1-2-10(17)11(15)16-19/h3-4,6,10,19H,1-2,5H2,(H2,15,16). The Balaban J connectivity index is 2.31. The molecule has 2 rings (SSSR count). The molecule has 1 aromatic rings. The van der Waals surface area contributed by atoms with Crippen LogP contribution in [0.25, 0.3) is 0 Å². The highest BCUT2D eigenvalue weighted by Crippen LogP contribution is 2.25. The minimum absolute atomic E-state index is 0.0904. The number of rotatable bonds is 2. The van der Waals surface area contributed by atoms with Gasteiger partial charge in [-0.25, -0.2) is 0 Å². The molecule has 0 saturated carbocycles. The van der Waals surface area contributed by atoms with Gasteiger partial charge in [0.25, 0.3) is 5.91 Å². The molecule has 0 spiro atoms. The summed E-state index contributed by atoms with van der Waals surface area (Å²) in [6.45, 7) is 0.623. The monoisotopic (exact) mass is 437 g/mol. The highest BCUT2D eigenvalue weighted by Gasteiger charge is 2.33. The molecule has 1 fully saturated rings. The Morgan fingerprint density at radius 1 is 1.58 bits per heavy atom. The predicted molar refractivity (Wildman–Crippen MR) is 84.3 cm³/mol. The number of halogens is 2. The fourth-order valence-corrected chi connectivity index (χ4v) is 3.11. The Kier molecular flexibility index (Phi) is 4.67. The molecule has 1 aliphatic heterocycles. The lowest BCUT2D eigenvalue weighted by atomic mass is 10.1. The number of amidine groups is 1. The van der Waals surface area contributed by atoms with Crippen molar-refractivity contribution in [3.63, 3.8) is 0 Å². The molecule has 5 nitrogen and oxygen atoms in total. The van der Waals surface area contributed by atoms with Crippen LogP contribution in [-0.4, -0.2) is 34.4 Å². The fourth-order valence-electron chi connectivity index (χ4n) is 2.20. The first-order valence-electron chi connectivity index (χ1n) is 5.78. The highest BCUT2D eigenvalue weighted by atomic mass is 127. The van der Waals surface area contributed by atoms with E-state index in [4.69, 9.17) is 10.9 Å². The van der Waals surface area contributed by atoms with Crippen molar-refractivity contribution < 1.29 is 10.0 Å². The minimum atomic E-state index is -0.317. The molecule has 1 amide bonds. The molecule has 3 N–H and O–H groups in total. The zero-order valence-corrected chi connectivity index (χ0v) is 13.8. The van der Waals surface area contributed by atoms with Crippen LogP contribution in [0.5, 0.6) is 0 Å². The van der Waals surface area contributed by atoms with E-state index in [9.17, 15) is 4.79 Å². The third-order valence-electron chi connectivity index (χ3n) is 3.13. The lowest BCUT2D eigenvalue weighted by molar-refractivity contribution is 0.0767. The molecule has 0 radical (unpaired) electrons. The van der Waals surface area contributed by atoms with Crippen LogP contribution in [0.4, 0.5) is 0 Å². The lowest BCUT2D eigenvalue weighted by Gasteiger charge is -2.24. The van der Waals surface area contributed by atoms with Gasteiger partial charge >= 0.3 is 0 Å². The smallest absolute Gasteiger partial charge is 0.255 e. The molecule has 102 valence electrons. The van der Waals surface area contributed by atoms with Gasteiger partial charge in [0.15, 0.2) is 5.84 Å². The van der Waals surface area contributed by atoms with E-state index in [1.54, 1.807) is 4.90 Å². The number of nitrogens with zero attached hydrogens (tertiary/aromatic N) is 2. The van der Waals surface area contributed by atoms with Crippen LogP contribution >= 0.6 is 38.5 Å². The van der Waals surface area contributed by atoms with E-state index in [0.717, 1.165) is 20.9 Å². The number of benzene rings is 1. The van der Waals surface area contributed by atoms with E-state index in [0.29, 0.717) is 12.1 Å². The van der Waals surface area contributed by atoms with Crippen LogP contribution < -0.4 is 5.73 Å². The third kappa shape index (κ3) is 3.02. The van der Waals surface area contributed by atoms with Gasteiger partial charge in [-0.1, -0.05) is 5.16 Å². The molecule has 1 unspecified atom stereocenters. The Bertz CT molecular complexity index is 536. The maximum Gasteiger partial charge on any atom is 0.255 e. The summed E-state index contributed by atoms with van der Waals surface area (Å²) in [5.41, 5.74) is 6.25.